The second-order valence-electron chi connectivity index (χ2n) is 15.1. The van der Waals surface area contributed by atoms with Crippen LogP contribution in [0.2, 0.25) is 0 Å². The lowest BCUT2D eigenvalue weighted by Gasteiger charge is -2.29. The van der Waals surface area contributed by atoms with E-state index in [9.17, 15) is 0 Å². The van der Waals surface area contributed by atoms with Crippen LogP contribution >= 0.6 is 0 Å². The minimum absolute atomic E-state index is 0.102. The van der Waals surface area contributed by atoms with Gasteiger partial charge in [-0.15, -0.1) is 0 Å². The summed E-state index contributed by atoms with van der Waals surface area (Å²) in [6.07, 6.45) is 13.7. The van der Waals surface area contributed by atoms with Crippen LogP contribution in [0.25, 0.3) is 60.5 Å². The molecule has 6 aromatic rings. The maximum absolute atomic E-state index is 3.78. The van der Waals surface area contributed by atoms with E-state index in [0.717, 1.165) is 38.5 Å². The summed E-state index contributed by atoms with van der Waals surface area (Å²) in [6, 6.07) is 43.7. The zero-order valence-electron chi connectivity index (χ0n) is 31.4. The lowest BCUT2D eigenvalue weighted by molar-refractivity contribution is 0.439. The van der Waals surface area contributed by atoms with Crippen LogP contribution in [0, 0.1) is 0 Å². The zero-order valence-corrected chi connectivity index (χ0v) is 31.4. The Morgan fingerprint density at radius 2 is 1.06 bits per heavy atom. The molecule has 0 amide bonds. The number of fused-ring (bicyclic) bond motifs is 2. The van der Waals surface area contributed by atoms with Crippen LogP contribution in [0.5, 0.6) is 0 Å². The number of hydrogen-bond acceptors (Lipinski definition) is 1. The van der Waals surface area contributed by atoms with Crippen molar-refractivity contribution in [2.75, 3.05) is 5.32 Å². The minimum atomic E-state index is 0.102. The number of benzene rings is 6. The Kier molecular flexibility index (Phi) is 9.75. The van der Waals surface area contributed by atoms with E-state index >= 15 is 0 Å². The van der Waals surface area contributed by atoms with E-state index in [1.54, 1.807) is 0 Å². The van der Waals surface area contributed by atoms with Gasteiger partial charge in [0.25, 0.3) is 0 Å². The van der Waals surface area contributed by atoms with E-state index in [0.29, 0.717) is 0 Å². The molecule has 0 unspecified atom stereocenters. The molecule has 0 spiro atoms. The van der Waals surface area contributed by atoms with Gasteiger partial charge >= 0.3 is 0 Å². The number of anilines is 1. The standard InChI is InChI=1S/C50H53N/c1-7-49(5,8-2)41-27-21-35(22-28-41)39-25-31-43-45(33-39)47(37-17-13-11-14-18-37)44-32-26-40(34-46(44)48(43)38-19-15-12-16-20-38)36-23-29-42(30-24-36)51-50(6,9-3)10-4/h11,13-15,17-34,51H,7-10,12,16H2,1-6H3. The van der Waals surface area contributed by atoms with Crippen molar-refractivity contribution in [2.24, 2.45) is 0 Å². The maximum Gasteiger partial charge on any atom is 0.0344 e. The number of allylic oxidation sites excluding steroid dienone is 4. The van der Waals surface area contributed by atoms with Gasteiger partial charge in [-0.25, -0.2) is 0 Å². The molecule has 6 aromatic carbocycles. The van der Waals surface area contributed by atoms with Gasteiger partial charge in [0, 0.05) is 11.2 Å². The van der Waals surface area contributed by atoms with Gasteiger partial charge < -0.3 is 5.32 Å². The van der Waals surface area contributed by atoms with E-state index in [2.05, 4.69) is 180 Å². The average molecular weight is 668 g/mol. The summed E-state index contributed by atoms with van der Waals surface area (Å²) >= 11 is 0. The lowest BCUT2D eigenvalue weighted by atomic mass is 9.77. The molecular weight excluding hydrogens is 615 g/mol. The van der Waals surface area contributed by atoms with Crippen molar-refractivity contribution in [3.8, 4) is 33.4 Å². The van der Waals surface area contributed by atoms with E-state index in [-0.39, 0.29) is 11.0 Å². The summed E-state index contributed by atoms with van der Waals surface area (Å²) in [6.45, 7) is 13.8. The molecule has 258 valence electrons. The van der Waals surface area contributed by atoms with Crippen LogP contribution in [0.15, 0.2) is 133 Å². The highest BCUT2D eigenvalue weighted by atomic mass is 15.0. The van der Waals surface area contributed by atoms with Gasteiger partial charge in [-0.2, -0.15) is 0 Å². The Bertz CT molecular complexity index is 2210. The summed E-state index contributed by atoms with van der Waals surface area (Å²) in [4.78, 5) is 0. The molecular formula is C50H53N. The molecule has 0 heterocycles. The predicted octanol–water partition coefficient (Wildman–Crippen LogP) is 14.8. The van der Waals surface area contributed by atoms with Gasteiger partial charge in [0.2, 0.25) is 0 Å². The molecule has 1 aliphatic carbocycles. The highest BCUT2D eigenvalue weighted by Gasteiger charge is 2.23. The molecule has 0 aromatic heterocycles. The van der Waals surface area contributed by atoms with E-state index < -0.39 is 0 Å². The third-order valence-electron chi connectivity index (χ3n) is 12.2. The molecule has 1 nitrogen and oxygen atoms in total. The smallest absolute Gasteiger partial charge is 0.0344 e. The number of hydrogen-bond donors (Lipinski definition) is 1. The van der Waals surface area contributed by atoms with Gasteiger partial charge in [0.05, 0.1) is 0 Å². The summed E-state index contributed by atoms with van der Waals surface area (Å²) in [5, 5.41) is 8.98. The number of rotatable bonds is 11. The fourth-order valence-corrected chi connectivity index (χ4v) is 7.86. The molecule has 0 aliphatic heterocycles. The lowest BCUT2D eigenvalue weighted by Crippen LogP contribution is -2.32. The predicted molar refractivity (Wildman–Crippen MR) is 225 cm³/mol. The third kappa shape index (κ3) is 6.67. The third-order valence-corrected chi connectivity index (χ3v) is 12.2. The zero-order chi connectivity index (χ0) is 35.6. The molecule has 0 radical (unpaired) electrons. The van der Waals surface area contributed by atoms with Gasteiger partial charge in [0.1, 0.15) is 0 Å². The Morgan fingerprint density at radius 3 is 1.61 bits per heavy atom. The van der Waals surface area contributed by atoms with Crippen LogP contribution < -0.4 is 5.32 Å². The van der Waals surface area contributed by atoms with Crippen molar-refractivity contribution < 1.29 is 0 Å². The van der Waals surface area contributed by atoms with Gasteiger partial charge in [-0.05, 0) is 147 Å². The van der Waals surface area contributed by atoms with Crippen molar-refractivity contribution in [3.05, 3.63) is 145 Å². The maximum atomic E-state index is 3.78. The molecule has 0 fully saturated rings. The van der Waals surface area contributed by atoms with Crippen LogP contribution in [-0.4, -0.2) is 5.54 Å². The van der Waals surface area contributed by atoms with Crippen molar-refractivity contribution >= 4 is 32.8 Å². The molecule has 0 saturated heterocycles. The van der Waals surface area contributed by atoms with E-state index in [4.69, 9.17) is 0 Å². The topological polar surface area (TPSA) is 12.0 Å². The van der Waals surface area contributed by atoms with Crippen LogP contribution in [0.1, 0.15) is 91.2 Å². The summed E-state index contributed by atoms with van der Waals surface area (Å²) in [5.41, 5.74) is 13.1. The number of nitrogens with one attached hydrogen (secondary N) is 1. The first kappa shape index (κ1) is 34.6. The average Bonchev–Trinajstić information content (AvgIpc) is 3.20. The van der Waals surface area contributed by atoms with Gasteiger partial charge in [0.15, 0.2) is 0 Å². The van der Waals surface area contributed by atoms with E-state index in [1.165, 1.54) is 77.3 Å². The first-order valence-electron chi connectivity index (χ1n) is 19.2. The van der Waals surface area contributed by atoms with Crippen molar-refractivity contribution in [1.29, 1.82) is 0 Å². The van der Waals surface area contributed by atoms with Crippen molar-refractivity contribution in [1.82, 2.24) is 0 Å². The van der Waals surface area contributed by atoms with Crippen molar-refractivity contribution in [3.63, 3.8) is 0 Å². The monoisotopic (exact) mass is 667 g/mol. The van der Waals surface area contributed by atoms with Crippen molar-refractivity contribution in [2.45, 2.75) is 91.0 Å². The molecule has 51 heavy (non-hydrogen) atoms. The fraction of sp³-hybridized carbons (Fsp3) is 0.280. The Morgan fingerprint density at radius 1 is 0.510 bits per heavy atom. The molecule has 0 saturated carbocycles. The summed E-state index contributed by atoms with van der Waals surface area (Å²) in [7, 11) is 0. The first-order chi connectivity index (χ1) is 24.8. The Balaban J connectivity index is 1.43. The highest BCUT2D eigenvalue weighted by molar-refractivity contribution is 6.20. The molecule has 0 atom stereocenters. The Hall–Kier alpha value is -4.88. The summed E-state index contributed by atoms with van der Waals surface area (Å²) in [5.74, 6) is 0. The Labute approximate surface area is 306 Å². The second-order valence-corrected chi connectivity index (χ2v) is 15.1. The quantitative estimate of drug-likeness (QED) is 0.136. The molecule has 0 bridgehead atoms. The largest absolute Gasteiger partial charge is 0.380 e. The SMILES string of the molecule is CCC(C)(CC)Nc1ccc(-c2ccc3c(-c4ccccc4)c4cc(-c5ccc(C(C)(CC)CC)cc5)ccc4c(C4=CCCC=C4)c3c2)cc1. The van der Waals surface area contributed by atoms with Crippen LogP contribution in [0.4, 0.5) is 5.69 Å². The normalized spacial score (nSPS) is 13.5. The second kappa shape index (κ2) is 14.4. The summed E-state index contributed by atoms with van der Waals surface area (Å²) < 4.78 is 0. The molecule has 1 heteroatoms. The fourth-order valence-electron chi connectivity index (χ4n) is 7.86. The van der Waals surface area contributed by atoms with Crippen LogP contribution in [0.3, 0.4) is 0 Å². The highest BCUT2D eigenvalue weighted by Crippen LogP contribution is 2.45. The van der Waals surface area contributed by atoms with E-state index in [1.807, 2.05) is 0 Å². The van der Waals surface area contributed by atoms with Gasteiger partial charge in [-0.1, -0.05) is 144 Å². The molecule has 1 N–H and O–H groups in total. The first-order valence-corrected chi connectivity index (χ1v) is 19.2. The molecule has 1 aliphatic rings. The van der Waals surface area contributed by atoms with Gasteiger partial charge in [-0.3, -0.25) is 0 Å². The minimum Gasteiger partial charge on any atom is -0.380 e. The molecule has 7 rings (SSSR count). The van der Waals surface area contributed by atoms with Crippen LogP contribution in [-0.2, 0) is 5.41 Å².